The number of carbonyl (C=O) groups is 1. The Morgan fingerprint density at radius 1 is 1.06 bits per heavy atom. The Balaban J connectivity index is 2.58. The monoisotopic (exact) mass is 250 g/mol. The second-order valence-corrected chi connectivity index (χ2v) is 3.64. The Labute approximate surface area is 101 Å². The molecular formula is C13H8F2O3. The van der Waals surface area contributed by atoms with Crippen LogP contribution in [0.5, 0.6) is 5.75 Å². The molecule has 0 bridgehead atoms. The van der Waals surface area contributed by atoms with Crippen LogP contribution < -0.4 is 0 Å². The Bertz CT molecular complexity index is 624. The van der Waals surface area contributed by atoms with Crippen molar-refractivity contribution in [3.05, 3.63) is 53.6 Å². The highest BCUT2D eigenvalue weighted by molar-refractivity contribution is 5.89. The lowest BCUT2D eigenvalue weighted by Crippen LogP contribution is -1.96. The van der Waals surface area contributed by atoms with Crippen LogP contribution in [0.15, 0.2) is 36.4 Å². The molecule has 0 aliphatic heterocycles. The van der Waals surface area contributed by atoms with Crippen LogP contribution in [0.25, 0.3) is 11.1 Å². The Kier molecular flexibility index (Phi) is 2.97. The minimum atomic E-state index is -1.21. The van der Waals surface area contributed by atoms with Crippen LogP contribution in [0, 0.1) is 11.6 Å². The van der Waals surface area contributed by atoms with E-state index in [1.54, 1.807) is 0 Å². The molecular weight excluding hydrogens is 242 g/mol. The first-order valence-electron chi connectivity index (χ1n) is 5.01. The summed E-state index contributed by atoms with van der Waals surface area (Å²) >= 11 is 0. The SMILES string of the molecule is O=C(O)c1ccc(-c2cccc(F)c2F)c(O)c1. The molecule has 5 heteroatoms. The molecule has 0 aliphatic rings. The van der Waals surface area contributed by atoms with Crippen LogP contribution in [0.3, 0.4) is 0 Å². The Morgan fingerprint density at radius 2 is 1.78 bits per heavy atom. The van der Waals surface area contributed by atoms with Gasteiger partial charge in [0.25, 0.3) is 0 Å². The Hall–Kier alpha value is -2.43. The number of hydrogen-bond acceptors (Lipinski definition) is 2. The molecule has 18 heavy (non-hydrogen) atoms. The van der Waals surface area contributed by atoms with Crippen molar-refractivity contribution < 1.29 is 23.8 Å². The van der Waals surface area contributed by atoms with Crippen molar-refractivity contribution in [2.75, 3.05) is 0 Å². The standard InChI is InChI=1S/C13H8F2O3/c14-10-3-1-2-9(12(10)15)8-5-4-7(13(17)18)6-11(8)16/h1-6,16H,(H,17,18). The van der Waals surface area contributed by atoms with E-state index in [2.05, 4.69) is 0 Å². The number of carboxylic acid groups (broad SMARTS) is 1. The topological polar surface area (TPSA) is 57.5 Å². The second-order valence-electron chi connectivity index (χ2n) is 3.64. The number of phenolic OH excluding ortho intramolecular Hbond substituents is 1. The van der Waals surface area contributed by atoms with Gasteiger partial charge in [0.2, 0.25) is 0 Å². The molecule has 0 aromatic heterocycles. The summed E-state index contributed by atoms with van der Waals surface area (Å²) in [6.07, 6.45) is 0. The van der Waals surface area contributed by atoms with E-state index in [0.717, 1.165) is 12.1 Å². The first kappa shape index (κ1) is 12.0. The summed E-state index contributed by atoms with van der Waals surface area (Å²) in [5, 5.41) is 18.4. The summed E-state index contributed by atoms with van der Waals surface area (Å²) < 4.78 is 26.6. The zero-order valence-corrected chi connectivity index (χ0v) is 9.02. The van der Waals surface area contributed by atoms with Gasteiger partial charge < -0.3 is 10.2 Å². The van der Waals surface area contributed by atoms with Crippen LogP contribution >= 0.6 is 0 Å². The molecule has 0 saturated heterocycles. The molecule has 2 N–H and O–H groups in total. The average molecular weight is 250 g/mol. The van der Waals surface area contributed by atoms with E-state index in [1.165, 1.54) is 24.3 Å². The van der Waals surface area contributed by atoms with Crippen molar-refractivity contribution in [2.24, 2.45) is 0 Å². The van der Waals surface area contributed by atoms with Gasteiger partial charge in [-0.05, 0) is 24.3 Å². The second kappa shape index (κ2) is 4.44. The molecule has 2 aromatic carbocycles. The molecule has 0 saturated carbocycles. The third kappa shape index (κ3) is 2.02. The minimum absolute atomic E-state index is 0.0389. The highest BCUT2D eigenvalue weighted by Gasteiger charge is 2.14. The summed E-state index contributed by atoms with van der Waals surface area (Å²) in [4.78, 5) is 10.7. The van der Waals surface area contributed by atoms with Gasteiger partial charge in [-0.2, -0.15) is 0 Å². The number of aromatic hydroxyl groups is 1. The molecule has 2 rings (SSSR count). The predicted octanol–water partition coefficient (Wildman–Crippen LogP) is 3.04. The van der Waals surface area contributed by atoms with E-state index in [4.69, 9.17) is 5.11 Å². The van der Waals surface area contributed by atoms with E-state index in [1.807, 2.05) is 0 Å². The summed E-state index contributed by atoms with van der Waals surface area (Å²) in [6, 6.07) is 6.99. The van der Waals surface area contributed by atoms with Crippen molar-refractivity contribution in [2.45, 2.75) is 0 Å². The first-order valence-corrected chi connectivity index (χ1v) is 5.01. The maximum Gasteiger partial charge on any atom is 0.335 e. The first-order chi connectivity index (χ1) is 8.50. The lowest BCUT2D eigenvalue weighted by atomic mass is 10.0. The van der Waals surface area contributed by atoms with E-state index in [0.29, 0.717) is 0 Å². The summed E-state index contributed by atoms with van der Waals surface area (Å²) in [5.41, 5.74) is -0.213. The van der Waals surface area contributed by atoms with E-state index in [9.17, 15) is 18.7 Å². The number of carboxylic acids is 1. The van der Waals surface area contributed by atoms with Gasteiger partial charge >= 0.3 is 5.97 Å². The molecule has 0 radical (unpaired) electrons. The van der Waals surface area contributed by atoms with Gasteiger partial charge in [0.1, 0.15) is 5.75 Å². The van der Waals surface area contributed by atoms with Gasteiger partial charge in [0, 0.05) is 11.1 Å². The number of phenols is 1. The normalized spacial score (nSPS) is 10.3. The molecule has 92 valence electrons. The van der Waals surface area contributed by atoms with Crippen LogP contribution in [-0.4, -0.2) is 16.2 Å². The van der Waals surface area contributed by atoms with Crippen LogP contribution in [-0.2, 0) is 0 Å². The number of aromatic carboxylic acids is 1. The molecule has 0 fully saturated rings. The lowest BCUT2D eigenvalue weighted by Gasteiger charge is -2.07. The van der Waals surface area contributed by atoms with Crippen LogP contribution in [0.2, 0.25) is 0 Å². The minimum Gasteiger partial charge on any atom is -0.507 e. The van der Waals surface area contributed by atoms with E-state index >= 15 is 0 Å². The molecule has 0 aliphatic carbocycles. The molecule has 0 amide bonds. The van der Waals surface area contributed by atoms with E-state index < -0.39 is 23.4 Å². The third-order valence-corrected chi connectivity index (χ3v) is 2.49. The van der Waals surface area contributed by atoms with Crippen molar-refractivity contribution in [1.82, 2.24) is 0 Å². The molecule has 0 heterocycles. The fraction of sp³-hybridized carbons (Fsp3) is 0. The third-order valence-electron chi connectivity index (χ3n) is 2.49. The van der Waals surface area contributed by atoms with Gasteiger partial charge in [-0.1, -0.05) is 12.1 Å². The molecule has 0 spiro atoms. The molecule has 0 atom stereocenters. The number of halogens is 2. The highest BCUT2D eigenvalue weighted by Crippen LogP contribution is 2.32. The molecule has 3 nitrogen and oxygen atoms in total. The zero-order chi connectivity index (χ0) is 13.3. The molecule has 2 aromatic rings. The highest BCUT2D eigenvalue weighted by atomic mass is 19.2. The van der Waals surface area contributed by atoms with Gasteiger partial charge in [-0.25, -0.2) is 13.6 Å². The fourth-order valence-corrected chi connectivity index (χ4v) is 1.60. The van der Waals surface area contributed by atoms with Crippen molar-refractivity contribution in [3.63, 3.8) is 0 Å². The Morgan fingerprint density at radius 3 is 2.39 bits per heavy atom. The van der Waals surface area contributed by atoms with Crippen molar-refractivity contribution >= 4 is 5.97 Å². The number of rotatable bonds is 2. The fourth-order valence-electron chi connectivity index (χ4n) is 1.60. The van der Waals surface area contributed by atoms with E-state index in [-0.39, 0.29) is 16.7 Å². The average Bonchev–Trinajstić information content (AvgIpc) is 2.33. The molecule has 0 unspecified atom stereocenters. The smallest absolute Gasteiger partial charge is 0.335 e. The maximum atomic E-state index is 13.5. The van der Waals surface area contributed by atoms with Crippen molar-refractivity contribution in [1.29, 1.82) is 0 Å². The van der Waals surface area contributed by atoms with Gasteiger partial charge in [-0.15, -0.1) is 0 Å². The van der Waals surface area contributed by atoms with Gasteiger partial charge in [0.05, 0.1) is 5.56 Å². The quantitative estimate of drug-likeness (QED) is 0.861. The summed E-state index contributed by atoms with van der Waals surface area (Å²) in [5.74, 6) is -3.75. The number of hydrogen-bond donors (Lipinski definition) is 2. The van der Waals surface area contributed by atoms with Crippen LogP contribution in [0.4, 0.5) is 8.78 Å². The summed E-state index contributed by atoms with van der Waals surface area (Å²) in [7, 11) is 0. The largest absolute Gasteiger partial charge is 0.507 e. The maximum absolute atomic E-state index is 13.5. The predicted molar refractivity (Wildman–Crippen MR) is 60.4 cm³/mol. The number of benzene rings is 2. The van der Waals surface area contributed by atoms with Gasteiger partial charge in [-0.3, -0.25) is 0 Å². The summed E-state index contributed by atoms with van der Waals surface area (Å²) in [6.45, 7) is 0. The lowest BCUT2D eigenvalue weighted by molar-refractivity contribution is 0.0696. The van der Waals surface area contributed by atoms with Crippen molar-refractivity contribution in [3.8, 4) is 16.9 Å². The van der Waals surface area contributed by atoms with Gasteiger partial charge in [0.15, 0.2) is 11.6 Å². The zero-order valence-electron chi connectivity index (χ0n) is 9.02. The van der Waals surface area contributed by atoms with Crippen LogP contribution in [0.1, 0.15) is 10.4 Å².